The van der Waals surface area contributed by atoms with Crippen LogP contribution in [0, 0.1) is 27.7 Å². The average molecular weight is 466 g/mol. The number of fused-ring (bicyclic) bond motifs is 1. The number of nitrogens with zero attached hydrogens (tertiary/aromatic N) is 4. The third kappa shape index (κ3) is 4.79. The normalized spacial score (nSPS) is 11.2. The molecule has 6 nitrogen and oxygen atoms in total. The van der Waals surface area contributed by atoms with E-state index in [1.807, 2.05) is 39.0 Å². The average Bonchev–Trinajstić information content (AvgIpc) is 3.16. The molecule has 0 saturated carbocycles. The largest absolute Gasteiger partial charge is 0.325 e. The first-order valence-corrected chi connectivity index (χ1v) is 11.6. The molecule has 0 aliphatic carbocycles. The monoisotopic (exact) mass is 465 g/mol. The van der Waals surface area contributed by atoms with E-state index < -0.39 is 0 Å². The Labute approximate surface area is 196 Å². The van der Waals surface area contributed by atoms with Crippen LogP contribution in [0.25, 0.3) is 5.78 Å². The van der Waals surface area contributed by atoms with Gasteiger partial charge in [-0.3, -0.25) is 4.79 Å². The molecule has 0 atom stereocenters. The standard InChI is InChI=1S/C24H24ClN5OS/c1-14-7-5-6-8-18(14)11-20-16(3)26-23-28-24(29-30(23)17(20)4)32-13-22(31)27-19-10-9-15(2)21(25)12-19/h5-10,12H,11,13H2,1-4H3,(H,27,31). The molecule has 4 rings (SSSR count). The summed E-state index contributed by atoms with van der Waals surface area (Å²) in [5.41, 5.74) is 7.24. The Morgan fingerprint density at radius 2 is 1.84 bits per heavy atom. The number of aryl methyl sites for hydroxylation is 4. The van der Waals surface area contributed by atoms with Gasteiger partial charge in [-0.15, -0.1) is 5.10 Å². The van der Waals surface area contributed by atoms with Crippen LogP contribution in [0.4, 0.5) is 5.69 Å². The van der Waals surface area contributed by atoms with E-state index in [2.05, 4.69) is 45.5 Å². The van der Waals surface area contributed by atoms with Gasteiger partial charge in [-0.05, 0) is 62.1 Å². The molecule has 0 saturated heterocycles. The summed E-state index contributed by atoms with van der Waals surface area (Å²) in [4.78, 5) is 21.5. The summed E-state index contributed by atoms with van der Waals surface area (Å²) in [5, 5.41) is 8.58. The van der Waals surface area contributed by atoms with E-state index in [0.717, 1.165) is 28.9 Å². The lowest BCUT2D eigenvalue weighted by atomic mass is 9.99. The highest BCUT2D eigenvalue weighted by atomic mass is 35.5. The van der Waals surface area contributed by atoms with Crippen molar-refractivity contribution >= 4 is 40.7 Å². The van der Waals surface area contributed by atoms with Crippen LogP contribution in [0.3, 0.4) is 0 Å². The van der Waals surface area contributed by atoms with E-state index in [4.69, 9.17) is 11.6 Å². The zero-order valence-corrected chi connectivity index (χ0v) is 20.0. The Morgan fingerprint density at radius 1 is 1.06 bits per heavy atom. The molecule has 1 N–H and O–H groups in total. The molecule has 2 aromatic carbocycles. The second-order valence-electron chi connectivity index (χ2n) is 7.77. The minimum atomic E-state index is -0.144. The van der Waals surface area contributed by atoms with E-state index >= 15 is 0 Å². The van der Waals surface area contributed by atoms with Crippen LogP contribution in [-0.2, 0) is 11.2 Å². The number of carbonyl (C=O) groups excluding carboxylic acids is 1. The van der Waals surface area contributed by atoms with Crippen LogP contribution in [0.1, 0.15) is 33.6 Å². The van der Waals surface area contributed by atoms with Crippen LogP contribution < -0.4 is 5.32 Å². The van der Waals surface area contributed by atoms with Gasteiger partial charge in [-0.2, -0.15) is 4.98 Å². The number of anilines is 1. The van der Waals surface area contributed by atoms with E-state index in [-0.39, 0.29) is 11.7 Å². The number of halogens is 1. The van der Waals surface area contributed by atoms with Gasteiger partial charge in [-0.1, -0.05) is 53.7 Å². The van der Waals surface area contributed by atoms with Crippen molar-refractivity contribution in [2.24, 2.45) is 0 Å². The van der Waals surface area contributed by atoms with E-state index in [1.165, 1.54) is 22.9 Å². The molecule has 0 aliphatic rings. The molecule has 0 bridgehead atoms. The van der Waals surface area contributed by atoms with Gasteiger partial charge in [0.2, 0.25) is 11.1 Å². The van der Waals surface area contributed by atoms with Crippen LogP contribution in [0.2, 0.25) is 5.02 Å². The third-order valence-corrected chi connectivity index (χ3v) is 6.69. The molecule has 8 heteroatoms. The number of nitrogens with one attached hydrogen (secondary N) is 1. The van der Waals surface area contributed by atoms with E-state index in [1.54, 1.807) is 10.6 Å². The van der Waals surface area contributed by atoms with Crippen molar-refractivity contribution < 1.29 is 4.79 Å². The molecule has 1 amide bonds. The van der Waals surface area contributed by atoms with Crippen LogP contribution in [0.15, 0.2) is 47.6 Å². The molecular weight excluding hydrogens is 442 g/mol. The third-order valence-electron chi connectivity index (χ3n) is 5.45. The van der Waals surface area contributed by atoms with Crippen molar-refractivity contribution in [2.45, 2.75) is 39.3 Å². The summed E-state index contributed by atoms with van der Waals surface area (Å²) in [7, 11) is 0. The maximum atomic E-state index is 12.4. The number of amides is 1. The number of rotatable bonds is 6. The Hall–Kier alpha value is -2.90. The quantitative estimate of drug-likeness (QED) is 0.389. The summed E-state index contributed by atoms with van der Waals surface area (Å²) in [5.74, 6) is 0.591. The molecule has 2 heterocycles. The molecule has 0 spiro atoms. The first-order chi connectivity index (χ1) is 15.3. The minimum Gasteiger partial charge on any atom is -0.325 e. The smallest absolute Gasteiger partial charge is 0.253 e. The van der Waals surface area contributed by atoms with Crippen molar-refractivity contribution in [1.29, 1.82) is 0 Å². The number of benzene rings is 2. The zero-order valence-electron chi connectivity index (χ0n) is 18.4. The molecule has 0 fully saturated rings. The van der Waals surface area contributed by atoms with Gasteiger partial charge < -0.3 is 5.32 Å². The first kappa shape index (κ1) is 22.3. The van der Waals surface area contributed by atoms with Crippen molar-refractivity contribution in [3.8, 4) is 0 Å². The Kier molecular flexibility index (Phi) is 6.48. The van der Waals surface area contributed by atoms with Crippen LogP contribution in [-0.4, -0.2) is 31.2 Å². The molecule has 4 aromatic rings. The summed E-state index contributed by atoms with van der Waals surface area (Å²) >= 11 is 7.41. The number of carbonyl (C=O) groups is 1. The summed E-state index contributed by atoms with van der Waals surface area (Å²) in [6.07, 6.45) is 0.789. The fourth-order valence-electron chi connectivity index (χ4n) is 3.50. The van der Waals surface area contributed by atoms with Gasteiger partial charge in [0.1, 0.15) is 0 Å². The maximum absolute atomic E-state index is 12.4. The van der Waals surface area contributed by atoms with Crippen molar-refractivity contribution in [3.63, 3.8) is 0 Å². The Balaban J connectivity index is 1.49. The molecular formula is C24H24ClN5OS. The number of aromatic nitrogens is 4. The highest BCUT2D eigenvalue weighted by Gasteiger charge is 2.16. The molecule has 164 valence electrons. The SMILES string of the molecule is Cc1ccc(NC(=O)CSc2nc3nc(C)c(Cc4ccccc4C)c(C)n3n2)cc1Cl. The van der Waals surface area contributed by atoms with Gasteiger partial charge in [0.25, 0.3) is 5.78 Å². The molecule has 2 aromatic heterocycles. The minimum absolute atomic E-state index is 0.144. The van der Waals surface area contributed by atoms with Crippen molar-refractivity contribution in [1.82, 2.24) is 19.6 Å². The molecule has 0 aliphatic heterocycles. The predicted octanol–water partition coefficient (Wildman–Crippen LogP) is 5.33. The van der Waals surface area contributed by atoms with Gasteiger partial charge in [-0.25, -0.2) is 9.50 Å². The van der Waals surface area contributed by atoms with Gasteiger partial charge in [0.15, 0.2) is 0 Å². The van der Waals surface area contributed by atoms with Crippen LogP contribution >= 0.6 is 23.4 Å². The molecule has 0 radical (unpaired) electrons. The fraction of sp³-hybridized carbons (Fsp3) is 0.250. The molecule has 32 heavy (non-hydrogen) atoms. The lowest BCUT2D eigenvalue weighted by Gasteiger charge is -2.11. The topological polar surface area (TPSA) is 72.2 Å². The second-order valence-corrected chi connectivity index (χ2v) is 9.12. The summed E-state index contributed by atoms with van der Waals surface area (Å²) in [6.45, 7) is 8.07. The molecule has 0 unspecified atom stereocenters. The van der Waals surface area contributed by atoms with E-state index in [0.29, 0.717) is 21.6 Å². The Morgan fingerprint density at radius 3 is 2.59 bits per heavy atom. The first-order valence-electron chi connectivity index (χ1n) is 10.3. The fourth-order valence-corrected chi connectivity index (χ4v) is 4.30. The van der Waals surface area contributed by atoms with Crippen molar-refractivity contribution in [2.75, 3.05) is 11.1 Å². The number of thioether (sulfide) groups is 1. The zero-order chi connectivity index (χ0) is 22.8. The second kappa shape index (κ2) is 9.30. The lowest BCUT2D eigenvalue weighted by molar-refractivity contribution is -0.113. The summed E-state index contributed by atoms with van der Waals surface area (Å²) < 4.78 is 1.76. The Bertz CT molecular complexity index is 1320. The number of hydrogen-bond donors (Lipinski definition) is 1. The highest BCUT2D eigenvalue weighted by Crippen LogP contribution is 2.23. The predicted molar refractivity (Wildman–Crippen MR) is 130 cm³/mol. The van der Waals surface area contributed by atoms with Gasteiger partial charge in [0.05, 0.1) is 5.75 Å². The van der Waals surface area contributed by atoms with Crippen LogP contribution in [0.5, 0.6) is 0 Å². The summed E-state index contributed by atoms with van der Waals surface area (Å²) in [6, 6.07) is 13.8. The van der Waals surface area contributed by atoms with Crippen molar-refractivity contribution in [3.05, 3.63) is 81.1 Å². The number of hydrogen-bond acceptors (Lipinski definition) is 5. The van der Waals surface area contributed by atoms with Gasteiger partial charge in [0, 0.05) is 28.5 Å². The van der Waals surface area contributed by atoms with Gasteiger partial charge >= 0.3 is 0 Å². The van der Waals surface area contributed by atoms with E-state index in [9.17, 15) is 4.79 Å². The maximum Gasteiger partial charge on any atom is 0.253 e. The lowest BCUT2D eigenvalue weighted by Crippen LogP contribution is -2.14. The highest BCUT2D eigenvalue weighted by molar-refractivity contribution is 7.99.